The molecule has 0 aliphatic heterocycles. The average molecular weight is 431 g/mol. The van der Waals surface area contributed by atoms with Crippen LogP contribution in [0, 0.1) is 12.8 Å². The van der Waals surface area contributed by atoms with Crippen LogP contribution in [0.15, 0.2) is 47.5 Å². The van der Waals surface area contributed by atoms with Gasteiger partial charge in [-0.2, -0.15) is 0 Å². The van der Waals surface area contributed by atoms with E-state index in [0.29, 0.717) is 41.0 Å². The number of hydrogen-bond acceptors (Lipinski definition) is 6. The molecule has 0 spiro atoms. The Hall–Kier alpha value is -3.02. The molecule has 31 heavy (non-hydrogen) atoms. The highest BCUT2D eigenvalue weighted by molar-refractivity contribution is 5.99. The molecule has 6 nitrogen and oxygen atoms in total. The van der Waals surface area contributed by atoms with Crippen molar-refractivity contribution in [3.05, 3.63) is 58.6 Å². The third kappa shape index (κ3) is 7.63. The van der Waals surface area contributed by atoms with E-state index < -0.39 is 5.97 Å². The lowest BCUT2D eigenvalue weighted by molar-refractivity contribution is -0.139. The van der Waals surface area contributed by atoms with Gasteiger partial charge in [0.15, 0.2) is 17.3 Å². The summed E-state index contributed by atoms with van der Waals surface area (Å²) in [5, 5.41) is 10.6. The van der Waals surface area contributed by atoms with Gasteiger partial charge in [0.2, 0.25) is 0 Å². The van der Waals surface area contributed by atoms with Crippen LogP contribution in [-0.2, 0) is 9.53 Å². The van der Waals surface area contributed by atoms with Gasteiger partial charge in [0.25, 0.3) is 0 Å². The Kier molecular flexibility index (Phi) is 10.6. The van der Waals surface area contributed by atoms with E-state index in [0.717, 1.165) is 0 Å². The molecule has 0 amide bonds. The number of benzene rings is 1. The molecule has 1 rings (SSSR count). The smallest absolute Gasteiger partial charge is 0.302 e. The van der Waals surface area contributed by atoms with Gasteiger partial charge in [0, 0.05) is 24.5 Å². The summed E-state index contributed by atoms with van der Waals surface area (Å²) in [5.74, 6) is 0.752. The number of allylic oxidation sites excluding steroid dienone is 2. The number of hydrogen-bond donors (Lipinski definition) is 1. The summed E-state index contributed by atoms with van der Waals surface area (Å²) in [6.45, 7) is 10.7. The molecule has 1 N–H and O–H groups in total. The molecule has 0 atom stereocenters. The molecule has 170 valence electrons. The van der Waals surface area contributed by atoms with E-state index in [1.54, 1.807) is 37.3 Å². The van der Waals surface area contributed by atoms with Crippen LogP contribution in [-0.4, -0.2) is 30.6 Å². The molecule has 0 aliphatic rings. The standard InChI is InChI=1S/C25H34O6/c1-8-10-19(15-30-18(6)26)25(21(27)11-9-2)31-23-13-12-20(22(28)14-16(3)4)24(29-7)17(23)5/h8,10-13,16,27H,9,14-15H2,1-7H3/b10-8+,21-11+,25-19-. The Morgan fingerprint density at radius 2 is 1.90 bits per heavy atom. The quantitative estimate of drug-likeness (QED) is 0.205. The number of methoxy groups -OCH3 is 1. The molecule has 1 aromatic rings. The van der Waals surface area contributed by atoms with Crippen molar-refractivity contribution in [2.24, 2.45) is 5.92 Å². The normalized spacial score (nSPS) is 12.7. The second-order valence-corrected chi connectivity index (χ2v) is 7.52. The molecule has 0 fully saturated rings. The Morgan fingerprint density at radius 3 is 2.42 bits per heavy atom. The molecule has 0 aromatic heterocycles. The van der Waals surface area contributed by atoms with Gasteiger partial charge < -0.3 is 19.3 Å². The summed E-state index contributed by atoms with van der Waals surface area (Å²) in [6.07, 6.45) is 6.09. The van der Waals surface area contributed by atoms with Crippen LogP contribution in [0.2, 0.25) is 0 Å². The summed E-state index contributed by atoms with van der Waals surface area (Å²) in [4.78, 5) is 23.9. The van der Waals surface area contributed by atoms with Gasteiger partial charge >= 0.3 is 5.97 Å². The second-order valence-electron chi connectivity index (χ2n) is 7.52. The van der Waals surface area contributed by atoms with Crippen molar-refractivity contribution in [2.45, 2.75) is 54.4 Å². The van der Waals surface area contributed by atoms with Crippen molar-refractivity contribution in [1.82, 2.24) is 0 Å². The lowest BCUT2D eigenvalue weighted by Crippen LogP contribution is -2.11. The number of Topliss-reactive ketones (excluding diaryl/α,β-unsaturated/α-hetero) is 1. The maximum atomic E-state index is 12.6. The van der Waals surface area contributed by atoms with Crippen molar-refractivity contribution in [1.29, 1.82) is 0 Å². The summed E-state index contributed by atoms with van der Waals surface area (Å²) < 4.78 is 16.7. The molecule has 6 heteroatoms. The third-order valence-corrected chi connectivity index (χ3v) is 4.39. The van der Waals surface area contributed by atoms with Gasteiger partial charge in [-0.15, -0.1) is 0 Å². The van der Waals surface area contributed by atoms with E-state index in [4.69, 9.17) is 14.2 Å². The van der Waals surface area contributed by atoms with Crippen molar-refractivity contribution < 1.29 is 28.9 Å². The van der Waals surface area contributed by atoms with Gasteiger partial charge in [-0.3, -0.25) is 9.59 Å². The highest BCUT2D eigenvalue weighted by Crippen LogP contribution is 2.35. The average Bonchev–Trinajstić information content (AvgIpc) is 2.69. The number of carbonyl (C=O) groups excluding carboxylic acids is 2. The van der Waals surface area contributed by atoms with E-state index >= 15 is 0 Å². The van der Waals surface area contributed by atoms with Crippen LogP contribution >= 0.6 is 0 Å². The number of aliphatic hydroxyl groups is 1. The van der Waals surface area contributed by atoms with Crippen molar-refractivity contribution >= 4 is 11.8 Å². The van der Waals surface area contributed by atoms with E-state index in [-0.39, 0.29) is 29.8 Å². The van der Waals surface area contributed by atoms with Crippen molar-refractivity contribution in [3.8, 4) is 11.5 Å². The first-order valence-electron chi connectivity index (χ1n) is 10.4. The fourth-order valence-corrected chi connectivity index (χ4v) is 3.00. The SMILES string of the molecule is C/C=C/C(COC(C)=O)=C(Oc1ccc(C(=O)CC(C)C)c(OC)c1C)\C(O)=C/CC. The molecule has 0 aliphatic carbocycles. The summed E-state index contributed by atoms with van der Waals surface area (Å²) in [6, 6.07) is 3.36. The second kappa shape index (κ2) is 12.6. The molecule has 0 heterocycles. The largest absolute Gasteiger partial charge is 0.504 e. The zero-order chi connectivity index (χ0) is 23.6. The Morgan fingerprint density at radius 1 is 1.23 bits per heavy atom. The maximum absolute atomic E-state index is 12.6. The van der Waals surface area contributed by atoms with Crippen LogP contribution in [0.4, 0.5) is 0 Å². The predicted molar refractivity (Wildman–Crippen MR) is 122 cm³/mol. The van der Waals surface area contributed by atoms with Crippen molar-refractivity contribution in [3.63, 3.8) is 0 Å². The number of carbonyl (C=O) groups is 2. The third-order valence-electron chi connectivity index (χ3n) is 4.39. The molecular weight excluding hydrogens is 396 g/mol. The molecule has 0 unspecified atom stereocenters. The summed E-state index contributed by atoms with van der Waals surface area (Å²) >= 11 is 0. The molecule has 0 saturated heterocycles. The molecule has 0 saturated carbocycles. The molecular formula is C25H34O6. The van der Waals surface area contributed by atoms with Crippen LogP contribution in [0.25, 0.3) is 0 Å². The zero-order valence-corrected chi connectivity index (χ0v) is 19.6. The number of ketones is 1. The van der Waals surface area contributed by atoms with Gasteiger partial charge in [-0.1, -0.05) is 32.9 Å². The minimum atomic E-state index is -0.439. The lowest BCUT2D eigenvalue weighted by Gasteiger charge is -2.18. The predicted octanol–water partition coefficient (Wildman–Crippen LogP) is 5.86. The van der Waals surface area contributed by atoms with E-state index in [2.05, 4.69) is 0 Å². The fraction of sp³-hybridized carbons (Fsp3) is 0.440. The highest BCUT2D eigenvalue weighted by atomic mass is 16.5. The van der Waals surface area contributed by atoms with E-state index in [1.165, 1.54) is 14.0 Å². The van der Waals surface area contributed by atoms with Crippen LogP contribution in [0.1, 0.15) is 63.4 Å². The number of rotatable bonds is 11. The topological polar surface area (TPSA) is 82.1 Å². The van der Waals surface area contributed by atoms with Gasteiger partial charge in [-0.05, 0) is 44.4 Å². The van der Waals surface area contributed by atoms with Crippen molar-refractivity contribution in [2.75, 3.05) is 13.7 Å². The Bertz CT molecular complexity index is 874. The zero-order valence-electron chi connectivity index (χ0n) is 19.6. The number of ether oxygens (including phenoxy) is 3. The minimum absolute atomic E-state index is 0.00421. The van der Waals surface area contributed by atoms with Crippen LogP contribution in [0.5, 0.6) is 11.5 Å². The highest BCUT2D eigenvalue weighted by Gasteiger charge is 2.21. The first-order chi connectivity index (χ1) is 14.7. The molecule has 1 aromatic carbocycles. The maximum Gasteiger partial charge on any atom is 0.302 e. The van der Waals surface area contributed by atoms with Crippen LogP contribution < -0.4 is 9.47 Å². The van der Waals surface area contributed by atoms with E-state index in [1.807, 2.05) is 27.7 Å². The van der Waals surface area contributed by atoms with E-state index in [9.17, 15) is 14.7 Å². The Labute approximate surface area is 185 Å². The minimum Gasteiger partial charge on any atom is -0.504 e. The first kappa shape index (κ1) is 26.0. The molecule has 0 radical (unpaired) electrons. The monoisotopic (exact) mass is 430 g/mol. The van der Waals surface area contributed by atoms with Gasteiger partial charge in [0.05, 0.1) is 12.7 Å². The Balaban J connectivity index is 3.52. The summed E-state index contributed by atoms with van der Waals surface area (Å²) in [5.41, 5.74) is 1.62. The first-order valence-corrected chi connectivity index (χ1v) is 10.4. The molecule has 0 bridgehead atoms. The van der Waals surface area contributed by atoms with Gasteiger partial charge in [-0.25, -0.2) is 0 Å². The fourth-order valence-electron chi connectivity index (χ4n) is 3.00. The number of esters is 1. The van der Waals surface area contributed by atoms with Crippen LogP contribution in [0.3, 0.4) is 0 Å². The lowest BCUT2D eigenvalue weighted by atomic mass is 9.98. The van der Waals surface area contributed by atoms with Gasteiger partial charge in [0.1, 0.15) is 18.1 Å². The summed E-state index contributed by atoms with van der Waals surface area (Å²) in [7, 11) is 1.51. The number of aliphatic hydroxyl groups excluding tert-OH is 1.